The lowest BCUT2D eigenvalue weighted by molar-refractivity contribution is -0.143. The Hall–Kier alpha value is -4.53. The number of rotatable bonds is 3. The lowest BCUT2D eigenvalue weighted by Crippen LogP contribution is -2.32. The second-order valence-electron chi connectivity index (χ2n) is 7.37. The summed E-state index contributed by atoms with van der Waals surface area (Å²) in [4.78, 5) is 31.8. The molecule has 0 saturated heterocycles. The van der Waals surface area contributed by atoms with Crippen molar-refractivity contribution >= 4 is 17.9 Å². The number of hydrogen-bond acceptors (Lipinski definition) is 7. The van der Waals surface area contributed by atoms with Gasteiger partial charge in [0.05, 0.1) is 18.4 Å². The van der Waals surface area contributed by atoms with Crippen LogP contribution in [0.15, 0.2) is 60.7 Å². The average molecular weight is 450 g/mol. The van der Waals surface area contributed by atoms with Gasteiger partial charge in [0, 0.05) is 28.8 Å². The summed E-state index contributed by atoms with van der Waals surface area (Å²) in [6, 6.07) is 16.6. The summed E-state index contributed by atoms with van der Waals surface area (Å²) in [5, 5.41) is 35.5. The van der Waals surface area contributed by atoms with E-state index in [4.69, 9.17) is 19.7 Å². The van der Waals surface area contributed by atoms with Gasteiger partial charge in [-0.2, -0.15) is 0 Å². The van der Waals surface area contributed by atoms with Crippen LogP contribution >= 0.6 is 0 Å². The smallest absolute Gasteiger partial charge is 0.340 e. The van der Waals surface area contributed by atoms with Gasteiger partial charge in [0.1, 0.15) is 23.0 Å². The van der Waals surface area contributed by atoms with Crippen LogP contribution in [0.5, 0.6) is 23.0 Å². The molecule has 2 heterocycles. The number of phenols is 2. The molecular weight excluding hydrogens is 432 g/mol. The number of hydrogen-bond donors (Lipinski definition) is 4. The predicted molar refractivity (Wildman–Crippen MR) is 113 cm³/mol. The first kappa shape index (κ1) is 21.7. The summed E-state index contributed by atoms with van der Waals surface area (Å²) in [7, 11) is 0. The Balaban J connectivity index is 0.000000281. The topological polar surface area (TPSA) is 151 Å². The Morgan fingerprint density at radius 2 is 1.27 bits per heavy atom. The minimum Gasteiger partial charge on any atom is -0.508 e. The quantitative estimate of drug-likeness (QED) is 0.439. The van der Waals surface area contributed by atoms with Crippen LogP contribution in [-0.4, -0.2) is 38.3 Å². The second kappa shape index (κ2) is 8.19. The number of fused-ring (bicyclic) bond motifs is 6. The molecule has 4 N–H and O–H groups in total. The third-order valence-electron chi connectivity index (χ3n) is 5.23. The largest absolute Gasteiger partial charge is 0.508 e. The third kappa shape index (κ3) is 3.80. The van der Waals surface area contributed by atoms with Crippen molar-refractivity contribution in [2.75, 3.05) is 0 Å². The molecule has 2 aliphatic rings. The fraction of sp³-hybridized carbons (Fsp3) is 0.125. The summed E-state index contributed by atoms with van der Waals surface area (Å²) in [5.41, 5.74) is 1.28. The van der Waals surface area contributed by atoms with Crippen molar-refractivity contribution in [3.8, 4) is 23.0 Å². The third-order valence-corrected chi connectivity index (χ3v) is 5.23. The number of benzene rings is 3. The molecule has 0 amide bonds. The van der Waals surface area contributed by atoms with Crippen LogP contribution in [0.2, 0.25) is 0 Å². The summed E-state index contributed by atoms with van der Waals surface area (Å²) in [6.45, 7) is 0. The zero-order chi connectivity index (χ0) is 23.8. The van der Waals surface area contributed by atoms with Gasteiger partial charge in [-0.3, -0.25) is 9.59 Å². The zero-order valence-electron chi connectivity index (χ0n) is 17.0. The van der Waals surface area contributed by atoms with Gasteiger partial charge in [-0.05, 0) is 30.3 Å². The maximum absolute atomic E-state index is 12.5. The molecule has 168 valence electrons. The van der Waals surface area contributed by atoms with E-state index >= 15 is 0 Å². The van der Waals surface area contributed by atoms with Crippen LogP contribution in [0.25, 0.3) is 0 Å². The number of aromatic hydroxyl groups is 2. The van der Waals surface area contributed by atoms with E-state index in [0.29, 0.717) is 33.8 Å². The molecule has 1 spiro atoms. The van der Waals surface area contributed by atoms with Crippen molar-refractivity contribution in [3.63, 3.8) is 0 Å². The van der Waals surface area contributed by atoms with E-state index in [-0.39, 0.29) is 24.3 Å². The minimum absolute atomic E-state index is 0.0371. The zero-order valence-corrected chi connectivity index (χ0v) is 17.0. The second-order valence-corrected chi connectivity index (χ2v) is 7.37. The SMILES string of the molecule is O=C(O)CCC(=O)O.O=C1OC2(c3ccc(O)cc3Oc3cc(O)ccc32)c2ccccc21. The van der Waals surface area contributed by atoms with Gasteiger partial charge in [0.25, 0.3) is 0 Å². The van der Waals surface area contributed by atoms with Crippen LogP contribution in [0, 0.1) is 0 Å². The highest BCUT2D eigenvalue weighted by atomic mass is 16.6. The van der Waals surface area contributed by atoms with E-state index < -0.39 is 23.5 Å². The van der Waals surface area contributed by atoms with Gasteiger partial charge >= 0.3 is 17.9 Å². The predicted octanol–water partition coefficient (Wildman–Crippen LogP) is 3.60. The van der Waals surface area contributed by atoms with Crippen molar-refractivity contribution in [2.24, 2.45) is 0 Å². The number of carboxylic acid groups (broad SMARTS) is 2. The molecule has 3 aromatic carbocycles. The molecule has 9 nitrogen and oxygen atoms in total. The number of carbonyl (C=O) groups excluding carboxylic acids is 1. The Kier molecular flexibility index (Phi) is 5.39. The van der Waals surface area contributed by atoms with Crippen LogP contribution < -0.4 is 4.74 Å². The van der Waals surface area contributed by atoms with Crippen molar-refractivity contribution < 1.29 is 44.3 Å². The molecule has 0 bridgehead atoms. The van der Waals surface area contributed by atoms with Crippen LogP contribution in [-0.2, 0) is 19.9 Å². The molecule has 0 saturated carbocycles. The van der Waals surface area contributed by atoms with Gasteiger partial charge in [0.15, 0.2) is 5.60 Å². The highest BCUT2D eigenvalue weighted by Crippen LogP contribution is 2.56. The monoisotopic (exact) mass is 450 g/mol. The van der Waals surface area contributed by atoms with Crippen molar-refractivity contribution in [1.82, 2.24) is 0 Å². The Morgan fingerprint density at radius 3 is 1.79 bits per heavy atom. The van der Waals surface area contributed by atoms with Crippen molar-refractivity contribution in [2.45, 2.75) is 18.4 Å². The van der Waals surface area contributed by atoms with E-state index in [1.54, 1.807) is 24.3 Å². The molecule has 0 unspecified atom stereocenters. The number of phenolic OH excluding ortho intramolecular Hbond substituents is 2. The Bertz CT molecular complexity index is 1210. The molecule has 2 aliphatic heterocycles. The fourth-order valence-corrected chi connectivity index (χ4v) is 3.87. The lowest BCUT2D eigenvalue weighted by atomic mass is 9.77. The molecule has 9 heteroatoms. The number of aliphatic carboxylic acids is 2. The number of carboxylic acids is 2. The molecule has 5 rings (SSSR count). The van der Waals surface area contributed by atoms with Gasteiger partial charge in [0.2, 0.25) is 0 Å². The molecule has 0 radical (unpaired) electrons. The number of ether oxygens (including phenoxy) is 2. The normalized spacial score (nSPS) is 14.0. The first-order valence-corrected chi connectivity index (χ1v) is 9.83. The van der Waals surface area contributed by atoms with Crippen LogP contribution in [0.1, 0.15) is 39.9 Å². The molecule has 0 aliphatic carbocycles. The fourth-order valence-electron chi connectivity index (χ4n) is 3.87. The van der Waals surface area contributed by atoms with E-state index in [1.165, 1.54) is 24.3 Å². The van der Waals surface area contributed by atoms with Crippen molar-refractivity contribution in [1.29, 1.82) is 0 Å². The molecule has 33 heavy (non-hydrogen) atoms. The van der Waals surface area contributed by atoms with Crippen LogP contribution in [0.4, 0.5) is 0 Å². The molecule has 3 aromatic rings. The van der Waals surface area contributed by atoms with Gasteiger partial charge in [-0.1, -0.05) is 18.2 Å². The highest BCUT2D eigenvalue weighted by Gasteiger charge is 2.53. The van der Waals surface area contributed by atoms with Gasteiger partial charge in [-0.25, -0.2) is 4.79 Å². The summed E-state index contributed by atoms with van der Waals surface area (Å²) < 4.78 is 11.8. The van der Waals surface area contributed by atoms with Gasteiger partial charge in [-0.15, -0.1) is 0 Å². The van der Waals surface area contributed by atoms with Gasteiger partial charge < -0.3 is 29.9 Å². The average Bonchev–Trinajstić information content (AvgIpc) is 3.06. The molecular formula is C24H18O9. The molecule has 0 atom stereocenters. The maximum atomic E-state index is 12.5. The summed E-state index contributed by atoms with van der Waals surface area (Å²) >= 11 is 0. The number of carbonyl (C=O) groups is 3. The Morgan fingerprint density at radius 1 is 0.758 bits per heavy atom. The first-order valence-electron chi connectivity index (χ1n) is 9.83. The van der Waals surface area contributed by atoms with E-state index in [9.17, 15) is 24.6 Å². The van der Waals surface area contributed by atoms with Crippen molar-refractivity contribution in [3.05, 3.63) is 82.9 Å². The minimum atomic E-state index is -1.17. The lowest BCUT2D eigenvalue weighted by Gasteiger charge is -2.36. The molecule has 0 fully saturated rings. The van der Waals surface area contributed by atoms with E-state index in [1.807, 2.05) is 12.1 Å². The highest BCUT2D eigenvalue weighted by molar-refractivity contribution is 5.97. The number of esters is 1. The summed E-state index contributed by atoms with van der Waals surface area (Å²) in [5.74, 6) is -1.74. The summed E-state index contributed by atoms with van der Waals surface area (Å²) in [6.07, 6.45) is -0.593. The standard InChI is InChI=1S/C20H12O5.C4H6O4/c21-11-5-7-15-17(9-11)24-18-10-12(22)6-8-16(18)20(15)14-4-2-1-3-13(14)19(23)25-20;5-3(6)1-2-4(7)8/h1-10,21-22H;1-2H2,(H,5,6)(H,7,8). The van der Waals surface area contributed by atoms with E-state index in [0.717, 1.165) is 0 Å². The van der Waals surface area contributed by atoms with Crippen LogP contribution in [0.3, 0.4) is 0 Å². The molecule has 0 aromatic heterocycles. The first-order chi connectivity index (χ1) is 15.7. The maximum Gasteiger partial charge on any atom is 0.340 e. The Labute approximate surface area is 187 Å². The van der Waals surface area contributed by atoms with E-state index in [2.05, 4.69) is 0 Å².